The van der Waals surface area contributed by atoms with Crippen LogP contribution in [0.1, 0.15) is 58.8 Å². The van der Waals surface area contributed by atoms with Gasteiger partial charge in [-0.3, -0.25) is 9.79 Å². The molecule has 1 aliphatic carbocycles. The molecule has 3 N–H and O–H groups in total. The Morgan fingerprint density at radius 1 is 1.32 bits per heavy atom. The molecule has 0 aromatic heterocycles. The van der Waals surface area contributed by atoms with E-state index in [2.05, 4.69) is 10.3 Å². The summed E-state index contributed by atoms with van der Waals surface area (Å²) < 4.78 is 5.03. The first-order chi connectivity index (χ1) is 9.08. The van der Waals surface area contributed by atoms with Gasteiger partial charge in [-0.05, 0) is 26.7 Å². The van der Waals surface area contributed by atoms with Gasteiger partial charge < -0.3 is 15.8 Å². The number of nitrogens with two attached hydrogens (primary N) is 1. The van der Waals surface area contributed by atoms with Crippen molar-refractivity contribution >= 4 is 11.9 Å². The number of nitrogens with one attached hydrogen (secondary N) is 1. The molecule has 0 saturated heterocycles. The van der Waals surface area contributed by atoms with Gasteiger partial charge in [0.25, 0.3) is 0 Å². The molecule has 5 heteroatoms. The molecule has 0 aromatic rings. The lowest BCUT2D eigenvalue weighted by atomic mass is 10.1. The maximum Gasteiger partial charge on any atom is 0.307 e. The van der Waals surface area contributed by atoms with Crippen LogP contribution in [-0.2, 0) is 9.53 Å². The number of carbonyl (C=O) groups is 1. The first-order valence-electron chi connectivity index (χ1n) is 7.34. The van der Waals surface area contributed by atoms with Crippen LogP contribution in [0.25, 0.3) is 0 Å². The molecular weight excluding hydrogens is 242 g/mol. The van der Waals surface area contributed by atoms with Gasteiger partial charge in [0.1, 0.15) is 0 Å². The number of guanidine groups is 1. The average Bonchev–Trinajstić information content (AvgIpc) is 2.56. The first-order valence-corrected chi connectivity index (χ1v) is 7.34. The number of hydrogen-bond donors (Lipinski definition) is 2. The van der Waals surface area contributed by atoms with Crippen molar-refractivity contribution < 1.29 is 9.53 Å². The minimum atomic E-state index is -0.221. The lowest BCUT2D eigenvalue weighted by molar-refractivity contribution is -0.147. The predicted molar refractivity (Wildman–Crippen MR) is 77.0 cm³/mol. The van der Waals surface area contributed by atoms with Crippen molar-refractivity contribution in [3.05, 3.63) is 0 Å². The van der Waals surface area contributed by atoms with Gasteiger partial charge >= 0.3 is 5.97 Å². The maximum absolute atomic E-state index is 11.3. The third-order valence-corrected chi connectivity index (χ3v) is 3.17. The number of ether oxygens (including phenoxy) is 1. The highest BCUT2D eigenvalue weighted by Gasteiger charge is 2.12. The summed E-state index contributed by atoms with van der Waals surface area (Å²) in [5, 5.41) is 3.25. The topological polar surface area (TPSA) is 76.7 Å². The van der Waals surface area contributed by atoms with Crippen molar-refractivity contribution in [1.29, 1.82) is 0 Å². The third kappa shape index (κ3) is 7.70. The van der Waals surface area contributed by atoms with E-state index in [1.165, 1.54) is 25.7 Å². The predicted octanol–water partition coefficient (Wildman–Crippen LogP) is 1.96. The highest BCUT2D eigenvalue weighted by Crippen LogP contribution is 2.16. The van der Waals surface area contributed by atoms with Gasteiger partial charge in [0.05, 0.1) is 19.1 Å². The number of carbonyl (C=O) groups excluding carboxylic acids is 1. The van der Waals surface area contributed by atoms with E-state index in [0.717, 1.165) is 12.8 Å². The van der Waals surface area contributed by atoms with E-state index < -0.39 is 0 Å². The van der Waals surface area contributed by atoms with Crippen molar-refractivity contribution in [2.45, 2.75) is 70.9 Å². The van der Waals surface area contributed by atoms with Crippen molar-refractivity contribution in [2.75, 3.05) is 6.54 Å². The SMILES string of the molecule is CC(C)OC(=O)CCN=C(N)NC1CCCCCC1. The van der Waals surface area contributed by atoms with Crippen LogP contribution < -0.4 is 11.1 Å². The summed E-state index contributed by atoms with van der Waals surface area (Å²) in [7, 11) is 0. The van der Waals surface area contributed by atoms with Crippen LogP contribution in [0.2, 0.25) is 0 Å². The lowest BCUT2D eigenvalue weighted by Crippen LogP contribution is -2.40. The van der Waals surface area contributed by atoms with Gasteiger partial charge in [0, 0.05) is 6.04 Å². The van der Waals surface area contributed by atoms with Gasteiger partial charge in [0.15, 0.2) is 5.96 Å². The Morgan fingerprint density at radius 3 is 2.53 bits per heavy atom. The lowest BCUT2D eigenvalue weighted by Gasteiger charge is -2.16. The second-order valence-corrected chi connectivity index (χ2v) is 5.39. The largest absolute Gasteiger partial charge is 0.463 e. The van der Waals surface area contributed by atoms with Gasteiger partial charge in [-0.1, -0.05) is 25.7 Å². The van der Waals surface area contributed by atoms with Crippen LogP contribution in [0, 0.1) is 0 Å². The molecule has 19 heavy (non-hydrogen) atoms. The third-order valence-electron chi connectivity index (χ3n) is 3.17. The fraction of sp³-hybridized carbons (Fsp3) is 0.857. The highest BCUT2D eigenvalue weighted by molar-refractivity contribution is 5.78. The fourth-order valence-electron chi connectivity index (χ4n) is 2.27. The number of nitrogens with zero attached hydrogens (tertiary/aromatic N) is 1. The molecule has 0 heterocycles. The molecule has 5 nitrogen and oxygen atoms in total. The van der Waals surface area contributed by atoms with Crippen molar-refractivity contribution in [1.82, 2.24) is 5.32 Å². The monoisotopic (exact) mass is 269 g/mol. The average molecular weight is 269 g/mol. The van der Waals surface area contributed by atoms with E-state index in [1.807, 2.05) is 13.8 Å². The molecule has 0 aromatic carbocycles. The Kier molecular flexibility index (Phi) is 7.30. The molecule has 0 radical (unpaired) electrons. The zero-order valence-corrected chi connectivity index (χ0v) is 12.2. The molecule has 0 spiro atoms. The van der Waals surface area contributed by atoms with E-state index >= 15 is 0 Å². The molecular formula is C14H27N3O2. The highest BCUT2D eigenvalue weighted by atomic mass is 16.5. The van der Waals surface area contributed by atoms with E-state index in [1.54, 1.807) is 0 Å². The van der Waals surface area contributed by atoms with E-state index in [4.69, 9.17) is 10.5 Å². The van der Waals surface area contributed by atoms with Gasteiger partial charge in [0.2, 0.25) is 0 Å². The van der Waals surface area contributed by atoms with Crippen LogP contribution >= 0.6 is 0 Å². The Morgan fingerprint density at radius 2 is 1.95 bits per heavy atom. The van der Waals surface area contributed by atoms with Gasteiger partial charge in [-0.2, -0.15) is 0 Å². The first kappa shape index (κ1) is 15.8. The van der Waals surface area contributed by atoms with Crippen LogP contribution in [0.15, 0.2) is 4.99 Å². The summed E-state index contributed by atoms with van der Waals surface area (Å²) >= 11 is 0. The number of hydrogen-bond acceptors (Lipinski definition) is 3. The molecule has 1 aliphatic rings. The van der Waals surface area contributed by atoms with Gasteiger partial charge in [-0.15, -0.1) is 0 Å². The zero-order valence-electron chi connectivity index (χ0n) is 12.2. The van der Waals surface area contributed by atoms with E-state index in [9.17, 15) is 4.79 Å². The fourth-order valence-corrected chi connectivity index (χ4v) is 2.27. The van der Waals surface area contributed by atoms with Crippen molar-refractivity contribution in [2.24, 2.45) is 10.7 Å². The molecule has 1 fully saturated rings. The Balaban J connectivity index is 2.22. The minimum Gasteiger partial charge on any atom is -0.463 e. The summed E-state index contributed by atoms with van der Waals surface area (Å²) in [4.78, 5) is 15.5. The Labute approximate surface area is 116 Å². The normalized spacial score (nSPS) is 18.2. The molecule has 0 bridgehead atoms. The summed E-state index contributed by atoms with van der Waals surface area (Å²) in [5.41, 5.74) is 5.83. The second kappa shape index (κ2) is 8.77. The summed E-state index contributed by atoms with van der Waals surface area (Å²) in [5.74, 6) is 0.227. The Hall–Kier alpha value is -1.26. The molecule has 0 aliphatic heterocycles. The molecule has 0 atom stereocenters. The molecule has 1 rings (SSSR count). The van der Waals surface area contributed by atoms with Crippen LogP contribution in [-0.4, -0.2) is 30.6 Å². The van der Waals surface area contributed by atoms with Crippen LogP contribution in [0.5, 0.6) is 0 Å². The molecule has 110 valence electrons. The van der Waals surface area contributed by atoms with Gasteiger partial charge in [-0.25, -0.2) is 0 Å². The quantitative estimate of drug-likeness (QED) is 0.346. The molecule has 1 saturated carbocycles. The summed E-state index contributed by atoms with van der Waals surface area (Å²) in [6.07, 6.45) is 7.67. The van der Waals surface area contributed by atoms with Crippen molar-refractivity contribution in [3.63, 3.8) is 0 Å². The van der Waals surface area contributed by atoms with Crippen LogP contribution in [0.3, 0.4) is 0 Å². The Bertz CT molecular complexity index is 295. The zero-order chi connectivity index (χ0) is 14.1. The van der Waals surface area contributed by atoms with Crippen molar-refractivity contribution in [3.8, 4) is 0 Å². The number of esters is 1. The van der Waals surface area contributed by atoms with E-state index in [-0.39, 0.29) is 18.5 Å². The smallest absolute Gasteiger partial charge is 0.307 e. The number of rotatable bonds is 5. The summed E-state index contributed by atoms with van der Waals surface area (Å²) in [6, 6.07) is 0.439. The van der Waals surface area contributed by atoms with E-state index in [0.29, 0.717) is 18.5 Å². The standard InChI is InChI=1S/C14H27N3O2/c1-11(2)19-13(18)9-10-16-14(15)17-12-7-5-3-4-6-8-12/h11-12H,3-10H2,1-2H3,(H3,15,16,17). The summed E-state index contributed by atoms with van der Waals surface area (Å²) in [6.45, 7) is 4.06. The maximum atomic E-state index is 11.3. The minimum absolute atomic E-state index is 0.0714. The molecule has 0 amide bonds. The van der Waals surface area contributed by atoms with Crippen LogP contribution in [0.4, 0.5) is 0 Å². The molecule has 0 unspecified atom stereocenters. The second-order valence-electron chi connectivity index (χ2n) is 5.39. The number of aliphatic imine (C=N–C) groups is 1.